The minimum absolute atomic E-state index is 0.253. The molecule has 0 atom stereocenters. The molecule has 150 valence electrons. The normalized spacial score (nSPS) is 10.2. The molecule has 0 saturated heterocycles. The van der Waals surface area contributed by atoms with Crippen LogP contribution < -0.4 is 15.5 Å². The first-order valence-corrected chi connectivity index (χ1v) is 8.17. The molecular formula is C19H17N3O7. The van der Waals surface area contributed by atoms with E-state index in [1.165, 1.54) is 43.7 Å². The van der Waals surface area contributed by atoms with Crippen molar-refractivity contribution >= 4 is 35.7 Å². The summed E-state index contributed by atoms with van der Waals surface area (Å²) in [5.74, 6) is -3.41. The Balaban J connectivity index is 1.92. The lowest BCUT2D eigenvalue weighted by Gasteiger charge is -2.06. The fraction of sp³-hybridized carbons (Fsp3) is 0.105. The quantitative estimate of drug-likeness (QED) is 0.273. The van der Waals surface area contributed by atoms with Gasteiger partial charge < -0.3 is 19.9 Å². The van der Waals surface area contributed by atoms with Crippen molar-refractivity contribution in [2.45, 2.75) is 0 Å². The van der Waals surface area contributed by atoms with E-state index in [2.05, 4.69) is 20.6 Å². The Bertz CT molecular complexity index is 939. The van der Waals surface area contributed by atoms with Gasteiger partial charge in [0.25, 0.3) is 0 Å². The number of amides is 2. The van der Waals surface area contributed by atoms with E-state index in [-0.39, 0.29) is 5.75 Å². The van der Waals surface area contributed by atoms with Gasteiger partial charge in [0, 0.05) is 11.3 Å². The smallest absolute Gasteiger partial charge is 0.341 e. The molecule has 2 aromatic carbocycles. The molecular weight excluding hydrogens is 382 g/mol. The molecule has 0 aliphatic heterocycles. The van der Waals surface area contributed by atoms with Crippen LogP contribution in [0.1, 0.15) is 15.9 Å². The second-order valence-electron chi connectivity index (χ2n) is 5.44. The lowest BCUT2D eigenvalue weighted by atomic mass is 10.2. The highest BCUT2D eigenvalue weighted by Gasteiger charge is 2.13. The zero-order valence-corrected chi connectivity index (χ0v) is 15.2. The molecule has 0 spiro atoms. The molecule has 2 aromatic rings. The van der Waals surface area contributed by atoms with Gasteiger partial charge in [0.2, 0.25) is 0 Å². The van der Waals surface area contributed by atoms with E-state index in [0.717, 1.165) is 0 Å². The van der Waals surface area contributed by atoms with Crippen molar-refractivity contribution in [3.8, 4) is 5.75 Å². The summed E-state index contributed by atoms with van der Waals surface area (Å²) in [6.45, 7) is -0.533. The number of rotatable bonds is 7. The molecule has 0 aromatic heterocycles. The lowest BCUT2D eigenvalue weighted by molar-refractivity contribution is -0.139. The number of hydrogen-bond donors (Lipinski definition) is 3. The van der Waals surface area contributed by atoms with E-state index in [1.54, 1.807) is 18.2 Å². The Morgan fingerprint density at radius 1 is 1.03 bits per heavy atom. The number of methoxy groups -OCH3 is 1. The summed E-state index contributed by atoms with van der Waals surface area (Å²) in [6, 6.07) is 12.2. The van der Waals surface area contributed by atoms with Gasteiger partial charge in [-0.25, -0.2) is 15.0 Å². The van der Waals surface area contributed by atoms with E-state index < -0.39 is 30.4 Å². The van der Waals surface area contributed by atoms with Crippen LogP contribution >= 0.6 is 0 Å². The number of ether oxygens (including phenoxy) is 2. The topological polar surface area (TPSA) is 143 Å². The minimum atomic E-state index is -1.14. The third kappa shape index (κ3) is 6.47. The van der Waals surface area contributed by atoms with Crippen LogP contribution in [0, 0.1) is 0 Å². The minimum Gasteiger partial charge on any atom is -0.481 e. The fourth-order valence-electron chi connectivity index (χ4n) is 2.06. The van der Waals surface area contributed by atoms with Gasteiger partial charge in [-0.2, -0.15) is 5.10 Å². The molecule has 0 radical (unpaired) electrons. The number of benzene rings is 2. The number of hydrazone groups is 1. The van der Waals surface area contributed by atoms with Gasteiger partial charge in [0.05, 0.1) is 18.9 Å². The average molecular weight is 399 g/mol. The zero-order valence-electron chi connectivity index (χ0n) is 15.2. The maximum atomic E-state index is 11.9. The van der Waals surface area contributed by atoms with Crippen molar-refractivity contribution < 1.29 is 33.8 Å². The van der Waals surface area contributed by atoms with Crippen LogP contribution in [0.25, 0.3) is 0 Å². The first-order valence-electron chi connectivity index (χ1n) is 8.17. The summed E-state index contributed by atoms with van der Waals surface area (Å²) in [7, 11) is 1.25. The predicted octanol–water partition coefficient (Wildman–Crippen LogP) is 1.03. The SMILES string of the molecule is COC(=O)c1ccc(NC(=O)C(=O)N/N=C/c2ccccc2OCC(=O)O)cc1. The van der Waals surface area contributed by atoms with Gasteiger partial charge in [0.1, 0.15) is 5.75 Å². The Morgan fingerprint density at radius 3 is 2.38 bits per heavy atom. The summed E-state index contributed by atoms with van der Waals surface area (Å²) in [4.78, 5) is 45.7. The second kappa shape index (κ2) is 10.2. The second-order valence-corrected chi connectivity index (χ2v) is 5.44. The maximum absolute atomic E-state index is 11.9. The van der Waals surface area contributed by atoms with Crippen LogP contribution in [-0.4, -0.2) is 48.8 Å². The number of nitrogens with one attached hydrogen (secondary N) is 2. The highest BCUT2D eigenvalue weighted by atomic mass is 16.5. The van der Waals surface area contributed by atoms with Crippen LogP contribution in [0.2, 0.25) is 0 Å². The molecule has 0 saturated carbocycles. The number of esters is 1. The van der Waals surface area contributed by atoms with Crippen molar-refractivity contribution in [3.63, 3.8) is 0 Å². The summed E-state index contributed by atoms with van der Waals surface area (Å²) in [5.41, 5.74) is 3.06. The molecule has 0 unspecified atom stereocenters. The number of nitrogens with zero attached hydrogens (tertiary/aromatic N) is 1. The summed E-state index contributed by atoms with van der Waals surface area (Å²) >= 11 is 0. The lowest BCUT2D eigenvalue weighted by Crippen LogP contribution is -2.32. The maximum Gasteiger partial charge on any atom is 0.341 e. The molecule has 3 N–H and O–H groups in total. The highest BCUT2D eigenvalue weighted by Crippen LogP contribution is 2.15. The summed E-state index contributed by atoms with van der Waals surface area (Å²) in [6.07, 6.45) is 1.22. The number of carboxylic acid groups (broad SMARTS) is 1. The summed E-state index contributed by atoms with van der Waals surface area (Å²) in [5, 5.41) is 14.7. The van der Waals surface area contributed by atoms with Gasteiger partial charge in [-0.3, -0.25) is 9.59 Å². The van der Waals surface area contributed by atoms with Crippen LogP contribution in [0.5, 0.6) is 5.75 Å². The highest BCUT2D eigenvalue weighted by molar-refractivity contribution is 6.39. The van der Waals surface area contributed by atoms with Crippen LogP contribution in [-0.2, 0) is 19.1 Å². The van der Waals surface area contributed by atoms with Crippen molar-refractivity contribution in [1.82, 2.24) is 5.43 Å². The first-order chi connectivity index (χ1) is 13.9. The van der Waals surface area contributed by atoms with Gasteiger partial charge in [-0.15, -0.1) is 0 Å². The van der Waals surface area contributed by atoms with Gasteiger partial charge in [-0.05, 0) is 36.4 Å². The standard InChI is InChI=1S/C19H17N3O7/c1-28-19(27)12-6-8-14(9-7-12)21-17(25)18(26)22-20-10-13-4-2-3-5-15(13)29-11-16(23)24/h2-10H,11H2,1H3,(H,21,25)(H,22,26)(H,23,24)/b20-10+. The van der Waals surface area contributed by atoms with E-state index in [1.807, 2.05) is 0 Å². The molecule has 29 heavy (non-hydrogen) atoms. The van der Waals surface area contributed by atoms with Crippen molar-refractivity contribution in [2.75, 3.05) is 19.0 Å². The zero-order chi connectivity index (χ0) is 21.2. The fourth-order valence-corrected chi connectivity index (χ4v) is 2.06. The van der Waals surface area contributed by atoms with Crippen LogP contribution in [0.3, 0.4) is 0 Å². The van der Waals surface area contributed by atoms with Gasteiger partial charge >= 0.3 is 23.8 Å². The number of carbonyl (C=O) groups excluding carboxylic acids is 3. The molecule has 0 heterocycles. The van der Waals surface area contributed by atoms with E-state index in [0.29, 0.717) is 16.8 Å². The van der Waals surface area contributed by atoms with Crippen molar-refractivity contribution in [3.05, 3.63) is 59.7 Å². The van der Waals surface area contributed by atoms with Crippen LogP contribution in [0.15, 0.2) is 53.6 Å². The van der Waals surface area contributed by atoms with Crippen molar-refractivity contribution in [1.29, 1.82) is 0 Å². The molecule has 0 aliphatic rings. The Kier molecular flexibility index (Phi) is 7.43. The Labute approximate surface area is 165 Å². The number of anilines is 1. The molecule has 0 bridgehead atoms. The molecule has 10 nitrogen and oxygen atoms in total. The Morgan fingerprint density at radius 2 is 1.72 bits per heavy atom. The van der Waals surface area contributed by atoms with Gasteiger partial charge in [0.15, 0.2) is 6.61 Å². The van der Waals surface area contributed by atoms with E-state index in [9.17, 15) is 19.2 Å². The molecule has 10 heteroatoms. The molecule has 0 aliphatic carbocycles. The average Bonchev–Trinajstić information content (AvgIpc) is 2.72. The van der Waals surface area contributed by atoms with E-state index in [4.69, 9.17) is 9.84 Å². The molecule has 2 amide bonds. The third-order valence-corrected chi connectivity index (χ3v) is 3.41. The van der Waals surface area contributed by atoms with Crippen LogP contribution in [0.4, 0.5) is 5.69 Å². The number of carbonyl (C=O) groups is 4. The number of aliphatic carboxylic acids is 1. The summed E-state index contributed by atoms with van der Waals surface area (Å²) < 4.78 is 9.67. The van der Waals surface area contributed by atoms with E-state index >= 15 is 0 Å². The third-order valence-electron chi connectivity index (χ3n) is 3.41. The Hall–Kier alpha value is -4.21. The largest absolute Gasteiger partial charge is 0.481 e. The first kappa shape index (κ1) is 21.1. The number of carboxylic acids is 1. The number of hydrogen-bond acceptors (Lipinski definition) is 7. The number of para-hydroxylation sites is 1. The monoisotopic (exact) mass is 399 g/mol. The predicted molar refractivity (Wildman–Crippen MR) is 102 cm³/mol. The van der Waals surface area contributed by atoms with Crippen molar-refractivity contribution in [2.24, 2.45) is 5.10 Å². The molecule has 2 rings (SSSR count). The molecule has 0 fully saturated rings. The van der Waals surface area contributed by atoms with Gasteiger partial charge in [-0.1, -0.05) is 12.1 Å².